The number of hydrogen-bond acceptors (Lipinski definition) is 12. The van der Waals surface area contributed by atoms with E-state index >= 15 is 0 Å². The summed E-state index contributed by atoms with van der Waals surface area (Å²) in [5.41, 5.74) is 5.09. The molecule has 64 heavy (non-hydrogen) atoms. The minimum atomic E-state index is -4.65. The van der Waals surface area contributed by atoms with E-state index in [9.17, 15) is 33.2 Å². The van der Waals surface area contributed by atoms with Gasteiger partial charge in [0.15, 0.2) is 0 Å². The molecule has 3 aliphatic rings. The van der Waals surface area contributed by atoms with Crippen molar-refractivity contribution in [3.8, 4) is 11.5 Å². The molecule has 4 aromatic carbocycles. The number of morpholine rings is 1. The minimum absolute atomic E-state index is 0.00957. The lowest BCUT2D eigenvalue weighted by atomic mass is 9.72. The summed E-state index contributed by atoms with van der Waals surface area (Å²) in [5.74, 6) is -0.521. The van der Waals surface area contributed by atoms with Crippen molar-refractivity contribution in [2.75, 3.05) is 69.2 Å². The number of carbonyl (C=O) groups is 2. The minimum Gasteiger partial charge on any atom is -0.465 e. The fourth-order valence-corrected chi connectivity index (χ4v) is 9.59. The Kier molecular flexibility index (Phi) is 12.8. The number of nitrogens with zero attached hydrogens (tertiary/aromatic N) is 5. The number of nitro groups is 1. The molecule has 19 heteroatoms. The fourth-order valence-electron chi connectivity index (χ4n) is 8.48. The zero-order chi connectivity index (χ0) is 45.2. The Hall–Kier alpha value is -6.21. The molecule has 5 aromatic rings. The molecule has 0 saturated carbocycles. The number of allylic oxidation sites excluding steroid dienone is 1. The van der Waals surface area contributed by atoms with Crippen LogP contribution >= 0.6 is 11.6 Å². The normalized spacial score (nSPS) is 18.2. The van der Waals surface area contributed by atoms with Gasteiger partial charge < -0.3 is 29.7 Å². The fraction of sp³-hybridized carbons (Fsp3) is 0.356. The molecule has 1 aliphatic carbocycles. The summed E-state index contributed by atoms with van der Waals surface area (Å²) >= 11 is 6.24. The Morgan fingerprint density at radius 1 is 1.03 bits per heavy atom. The number of carbonyl (C=O) groups excluding carboxylic acids is 1. The maximum absolute atomic E-state index is 14.0. The molecule has 336 valence electrons. The Bertz CT molecular complexity index is 2720. The molecule has 2 amide bonds. The number of rotatable bonds is 13. The third kappa shape index (κ3) is 10.1. The van der Waals surface area contributed by atoms with E-state index < -0.39 is 43.6 Å². The molecule has 2 aliphatic heterocycles. The SMILES string of the molecule is CC1(C)CCC(CN2CCN(c3ccc(C(=O)NS(=O)(=O)c4ccc(NCC5CN(C(=O)O)CCO5)c([N+](=O)[O-])c4)c(Oc4cccc5[nH]ncc45)c3)CC2)=C(c2ccc(Cl)cc2)C1. The summed E-state index contributed by atoms with van der Waals surface area (Å²) < 4.78 is 41.5. The molecule has 0 bridgehead atoms. The average molecular weight is 913 g/mol. The average Bonchev–Trinajstić information content (AvgIpc) is 3.77. The summed E-state index contributed by atoms with van der Waals surface area (Å²) in [7, 11) is -4.65. The van der Waals surface area contributed by atoms with E-state index in [-0.39, 0.29) is 48.7 Å². The van der Waals surface area contributed by atoms with Gasteiger partial charge in [0.2, 0.25) is 0 Å². The van der Waals surface area contributed by atoms with Crippen LogP contribution in [0.3, 0.4) is 0 Å². The van der Waals surface area contributed by atoms with Crippen LogP contribution in [0.4, 0.5) is 21.9 Å². The highest BCUT2D eigenvalue weighted by molar-refractivity contribution is 7.90. The number of carboxylic acid groups (broad SMARTS) is 1. The van der Waals surface area contributed by atoms with Gasteiger partial charge in [0.1, 0.15) is 17.2 Å². The molecule has 2 fully saturated rings. The van der Waals surface area contributed by atoms with E-state index in [1.54, 1.807) is 30.5 Å². The molecule has 1 unspecified atom stereocenters. The number of hydrogen-bond donors (Lipinski definition) is 4. The van der Waals surface area contributed by atoms with Crippen LogP contribution in [0.1, 0.15) is 49.0 Å². The predicted molar refractivity (Wildman–Crippen MR) is 243 cm³/mol. The second kappa shape index (κ2) is 18.5. The van der Waals surface area contributed by atoms with Gasteiger partial charge in [0.25, 0.3) is 21.6 Å². The monoisotopic (exact) mass is 912 g/mol. The number of aromatic amines is 1. The Morgan fingerprint density at radius 2 is 1.81 bits per heavy atom. The number of benzene rings is 4. The second-order valence-electron chi connectivity index (χ2n) is 17.0. The number of aromatic nitrogens is 2. The summed E-state index contributed by atoms with van der Waals surface area (Å²) in [6.07, 6.45) is 3.05. The van der Waals surface area contributed by atoms with Gasteiger partial charge in [-0.2, -0.15) is 5.10 Å². The largest absolute Gasteiger partial charge is 0.465 e. The van der Waals surface area contributed by atoms with E-state index in [1.165, 1.54) is 33.7 Å². The number of nitrogens with one attached hydrogen (secondary N) is 3. The smallest absolute Gasteiger partial charge is 0.407 e. The standard InChI is InChI=1S/C45H49ClN8O9S/c1-45(2)15-14-30(36(24-45)29-6-8-31(46)9-7-29)27-51-16-18-52(19-17-51)32-10-12-35(42(22-32)63-41-5-3-4-38-37(41)26-48-49-38)43(55)50-64(60,61)34-11-13-39(40(23-34)54(58)59)47-25-33-28-53(44(56)57)20-21-62-33/h3-13,22-23,26,33,47H,14-21,24-25,27-28H2,1-2H3,(H,48,49)(H,50,55)(H,56,57). The zero-order valence-corrected chi connectivity index (χ0v) is 37.0. The third-order valence-corrected chi connectivity index (χ3v) is 13.6. The van der Waals surface area contributed by atoms with Crippen molar-refractivity contribution >= 4 is 67.2 Å². The summed E-state index contributed by atoms with van der Waals surface area (Å²) in [6, 6.07) is 21.6. The van der Waals surface area contributed by atoms with Crippen LogP contribution in [0.15, 0.2) is 95.5 Å². The topological polar surface area (TPSA) is 213 Å². The number of nitro benzene ring substituents is 1. The van der Waals surface area contributed by atoms with Gasteiger partial charge in [0, 0.05) is 68.7 Å². The molecule has 2 saturated heterocycles. The Labute approximate surface area is 375 Å². The van der Waals surface area contributed by atoms with Crippen molar-refractivity contribution < 1.29 is 37.5 Å². The number of ether oxygens (including phenoxy) is 2. The van der Waals surface area contributed by atoms with Crippen molar-refractivity contribution in [3.63, 3.8) is 0 Å². The quantitative estimate of drug-likeness (QED) is 0.0662. The molecule has 3 heterocycles. The van der Waals surface area contributed by atoms with Crippen LogP contribution in [0, 0.1) is 15.5 Å². The molecule has 17 nitrogen and oxygen atoms in total. The predicted octanol–water partition coefficient (Wildman–Crippen LogP) is 7.61. The number of fused-ring (bicyclic) bond motifs is 1. The van der Waals surface area contributed by atoms with Gasteiger partial charge in [-0.25, -0.2) is 17.9 Å². The first-order valence-electron chi connectivity index (χ1n) is 21.0. The van der Waals surface area contributed by atoms with Crippen LogP contribution < -0.4 is 19.7 Å². The van der Waals surface area contributed by atoms with Crippen LogP contribution in [0.25, 0.3) is 16.5 Å². The lowest BCUT2D eigenvalue weighted by Gasteiger charge is -2.39. The third-order valence-electron chi connectivity index (χ3n) is 12.0. The van der Waals surface area contributed by atoms with Gasteiger partial charge in [-0.15, -0.1) is 0 Å². The Morgan fingerprint density at radius 3 is 2.56 bits per heavy atom. The van der Waals surface area contributed by atoms with Crippen molar-refractivity contribution in [2.24, 2.45) is 5.41 Å². The van der Waals surface area contributed by atoms with Crippen molar-refractivity contribution in [1.29, 1.82) is 0 Å². The van der Waals surface area contributed by atoms with Crippen LogP contribution in [0.5, 0.6) is 11.5 Å². The lowest BCUT2D eigenvalue weighted by Crippen LogP contribution is -2.47. The van der Waals surface area contributed by atoms with Gasteiger partial charge in [0.05, 0.1) is 51.7 Å². The summed E-state index contributed by atoms with van der Waals surface area (Å²) in [5, 5.41) is 32.7. The molecule has 0 radical (unpaired) electrons. The molecular weight excluding hydrogens is 864 g/mol. The Balaban J connectivity index is 1.000. The maximum Gasteiger partial charge on any atom is 0.407 e. The number of amides is 2. The van der Waals surface area contributed by atoms with Gasteiger partial charge in [-0.1, -0.05) is 49.2 Å². The first-order chi connectivity index (χ1) is 30.6. The summed E-state index contributed by atoms with van der Waals surface area (Å²) in [6.45, 7) is 8.94. The number of piperazine rings is 1. The van der Waals surface area contributed by atoms with Gasteiger partial charge in [-0.3, -0.25) is 24.9 Å². The molecule has 4 N–H and O–H groups in total. The number of H-pyrrole nitrogens is 1. The lowest BCUT2D eigenvalue weighted by molar-refractivity contribution is -0.384. The van der Waals surface area contributed by atoms with Gasteiger partial charge in [-0.05, 0) is 84.3 Å². The van der Waals surface area contributed by atoms with Crippen molar-refractivity contribution in [1.82, 2.24) is 24.7 Å². The molecule has 1 aromatic heterocycles. The molecular formula is C45H49ClN8O9S. The summed E-state index contributed by atoms with van der Waals surface area (Å²) in [4.78, 5) is 42.1. The number of sulfonamides is 1. The first kappa shape index (κ1) is 44.4. The highest BCUT2D eigenvalue weighted by atomic mass is 35.5. The molecule has 8 rings (SSSR count). The number of anilines is 2. The number of halogens is 1. The van der Waals surface area contributed by atoms with E-state index in [2.05, 4.69) is 56.0 Å². The first-order valence-corrected chi connectivity index (χ1v) is 22.9. The highest BCUT2D eigenvalue weighted by Crippen LogP contribution is 2.43. The zero-order valence-electron chi connectivity index (χ0n) is 35.4. The van der Waals surface area contributed by atoms with E-state index in [4.69, 9.17) is 21.1 Å². The van der Waals surface area contributed by atoms with Crippen LogP contribution in [0.2, 0.25) is 5.02 Å². The molecule has 1 atom stereocenters. The van der Waals surface area contributed by atoms with E-state index in [0.717, 1.165) is 56.7 Å². The van der Waals surface area contributed by atoms with Crippen molar-refractivity contribution in [2.45, 2.75) is 44.1 Å². The maximum atomic E-state index is 14.0. The van der Waals surface area contributed by atoms with Crippen LogP contribution in [-0.4, -0.2) is 116 Å². The highest BCUT2D eigenvalue weighted by Gasteiger charge is 2.31. The van der Waals surface area contributed by atoms with Crippen molar-refractivity contribution in [3.05, 3.63) is 117 Å². The van der Waals surface area contributed by atoms with E-state index in [0.29, 0.717) is 34.8 Å². The van der Waals surface area contributed by atoms with Gasteiger partial charge >= 0.3 is 6.09 Å². The second-order valence-corrected chi connectivity index (χ2v) is 19.2. The molecule has 0 spiro atoms. The van der Waals surface area contributed by atoms with E-state index in [1.807, 2.05) is 18.2 Å². The van der Waals surface area contributed by atoms with Crippen LogP contribution in [-0.2, 0) is 14.8 Å².